The molecule has 0 aliphatic carbocycles. The van der Waals surface area contributed by atoms with Crippen molar-refractivity contribution in [2.24, 2.45) is 0 Å². The zero-order chi connectivity index (χ0) is 15.2. The van der Waals surface area contributed by atoms with Gasteiger partial charge in [-0.15, -0.1) is 0 Å². The molecule has 0 atom stereocenters. The molecule has 0 fully saturated rings. The van der Waals surface area contributed by atoms with Gasteiger partial charge >= 0.3 is 0 Å². The fourth-order valence-corrected chi connectivity index (χ4v) is 2.39. The smallest absolute Gasteiger partial charge is 0.220 e. The number of hydrogen-bond acceptors (Lipinski definition) is 2. The van der Waals surface area contributed by atoms with Crippen LogP contribution < -0.4 is 5.32 Å². The molecular weight excluding hydrogens is 260 g/mol. The van der Waals surface area contributed by atoms with Gasteiger partial charge in [0.2, 0.25) is 5.91 Å². The second-order valence-corrected chi connectivity index (χ2v) is 5.72. The van der Waals surface area contributed by atoms with E-state index in [0.29, 0.717) is 13.0 Å². The molecule has 3 heteroatoms. The second kappa shape index (κ2) is 12.4. The van der Waals surface area contributed by atoms with Crippen LogP contribution in [0.3, 0.4) is 0 Å². The van der Waals surface area contributed by atoms with E-state index in [9.17, 15) is 4.79 Å². The van der Waals surface area contributed by atoms with Crippen molar-refractivity contribution < 1.29 is 4.79 Å². The second-order valence-electron chi connectivity index (χ2n) is 5.72. The van der Waals surface area contributed by atoms with E-state index in [1.807, 2.05) is 12.1 Å². The van der Waals surface area contributed by atoms with Gasteiger partial charge in [-0.2, -0.15) is 0 Å². The van der Waals surface area contributed by atoms with Crippen LogP contribution in [-0.4, -0.2) is 10.9 Å². The van der Waals surface area contributed by atoms with Gasteiger partial charge in [-0.25, -0.2) is 0 Å². The highest BCUT2D eigenvalue weighted by molar-refractivity contribution is 5.75. The minimum atomic E-state index is 0.154. The predicted molar refractivity (Wildman–Crippen MR) is 87.9 cm³/mol. The molecule has 0 aromatic carbocycles. The highest BCUT2D eigenvalue weighted by Crippen LogP contribution is 2.10. The van der Waals surface area contributed by atoms with Gasteiger partial charge in [-0.05, 0) is 18.1 Å². The first kappa shape index (κ1) is 17.7. The Hall–Kier alpha value is -1.38. The summed E-state index contributed by atoms with van der Waals surface area (Å²) in [5, 5.41) is 2.95. The zero-order valence-corrected chi connectivity index (χ0v) is 13.4. The lowest BCUT2D eigenvalue weighted by atomic mass is 10.1. The van der Waals surface area contributed by atoms with Gasteiger partial charge in [0, 0.05) is 25.4 Å². The SMILES string of the molecule is CCCCCCCCCCCC(=O)NCc1cccnc1. The molecule has 1 N–H and O–H groups in total. The average molecular weight is 290 g/mol. The number of rotatable bonds is 12. The first-order valence-corrected chi connectivity index (χ1v) is 8.48. The van der Waals surface area contributed by atoms with Crippen molar-refractivity contribution in [1.82, 2.24) is 10.3 Å². The van der Waals surface area contributed by atoms with Gasteiger partial charge in [0.15, 0.2) is 0 Å². The van der Waals surface area contributed by atoms with Crippen molar-refractivity contribution in [2.45, 2.75) is 77.7 Å². The van der Waals surface area contributed by atoms with Gasteiger partial charge in [0.1, 0.15) is 0 Å². The van der Waals surface area contributed by atoms with E-state index in [4.69, 9.17) is 0 Å². The largest absolute Gasteiger partial charge is 0.352 e. The van der Waals surface area contributed by atoms with Gasteiger partial charge in [-0.3, -0.25) is 9.78 Å². The van der Waals surface area contributed by atoms with Crippen LogP contribution in [0.2, 0.25) is 0 Å². The molecule has 21 heavy (non-hydrogen) atoms. The highest BCUT2D eigenvalue weighted by atomic mass is 16.1. The molecule has 0 bridgehead atoms. The zero-order valence-electron chi connectivity index (χ0n) is 13.4. The van der Waals surface area contributed by atoms with Crippen LogP contribution in [-0.2, 0) is 11.3 Å². The molecule has 1 amide bonds. The van der Waals surface area contributed by atoms with Crippen LogP contribution in [0.1, 0.15) is 76.7 Å². The number of nitrogens with zero attached hydrogens (tertiary/aromatic N) is 1. The number of carbonyl (C=O) groups excluding carboxylic acids is 1. The molecular formula is C18H30N2O. The number of pyridine rings is 1. The Morgan fingerprint density at radius 3 is 2.33 bits per heavy atom. The monoisotopic (exact) mass is 290 g/mol. The Labute approximate surface area is 129 Å². The van der Waals surface area contributed by atoms with Crippen LogP contribution in [0, 0.1) is 0 Å². The maximum Gasteiger partial charge on any atom is 0.220 e. The summed E-state index contributed by atoms with van der Waals surface area (Å²) in [5.74, 6) is 0.154. The molecule has 1 heterocycles. The first-order chi connectivity index (χ1) is 10.3. The molecule has 118 valence electrons. The summed E-state index contributed by atoms with van der Waals surface area (Å²) in [6.07, 6.45) is 15.7. The van der Waals surface area contributed by atoms with E-state index in [2.05, 4.69) is 17.2 Å². The van der Waals surface area contributed by atoms with E-state index < -0.39 is 0 Å². The average Bonchev–Trinajstić information content (AvgIpc) is 2.52. The summed E-state index contributed by atoms with van der Waals surface area (Å²) in [4.78, 5) is 15.7. The molecule has 1 aromatic rings. The Morgan fingerprint density at radius 2 is 1.71 bits per heavy atom. The molecule has 1 aromatic heterocycles. The topological polar surface area (TPSA) is 42.0 Å². The minimum absolute atomic E-state index is 0.154. The third-order valence-corrected chi connectivity index (χ3v) is 3.72. The third-order valence-electron chi connectivity index (χ3n) is 3.72. The summed E-state index contributed by atoms with van der Waals surface area (Å²) in [6.45, 7) is 2.84. The molecule has 0 aliphatic rings. The van der Waals surface area contributed by atoms with E-state index in [-0.39, 0.29) is 5.91 Å². The van der Waals surface area contributed by atoms with Crippen LogP contribution in [0.4, 0.5) is 0 Å². The van der Waals surface area contributed by atoms with Crippen LogP contribution in [0.15, 0.2) is 24.5 Å². The number of nitrogens with one attached hydrogen (secondary N) is 1. The van der Waals surface area contributed by atoms with Crippen molar-refractivity contribution in [3.8, 4) is 0 Å². The molecule has 0 saturated heterocycles. The van der Waals surface area contributed by atoms with Gasteiger partial charge in [0.25, 0.3) is 0 Å². The van der Waals surface area contributed by atoms with Crippen molar-refractivity contribution in [3.63, 3.8) is 0 Å². The van der Waals surface area contributed by atoms with Crippen molar-refractivity contribution in [3.05, 3.63) is 30.1 Å². The quantitative estimate of drug-likeness (QED) is 0.571. The Kier molecular flexibility index (Phi) is 10.4. The Balaban J connectivity index is 1.89. The number of amides is 1. The van der Waals surface area contributed by atoms with Gasteiger partial charge in [0.05, 0.1) is 0 Å². The third kappa shape index (κ3) is 10.1. The number of carbonyl (C=O) groups is 1. The van der Waals surface area contributed by atoms with Gasteiger partial charge in [-0.1, -0.05) is 64.4 Å². The Morgan fingerprint density at radius 1 is 1.05 bits per heavy atom. The molecule has 0 spiro atoms. The maximum absolute atomic E-state index is 11.7. The molecule has 3 nitrogen and oxygen atoms in total. The summed E-state index contributed by atoms with van der Waals surface area (Å²) in [7, 11) is 0. The molecule has 0 saturated carbocycles. The summed E-state index contributed by atoms with van der Waals surface area (Å²) in [6, 6.07) is 3.87. The highest BCUT2D eigenvalue weighted by Gasteiger charge is 2.01. The van der Waals surface area contributed by atoms with Crippen LogP contribution >= 0.6 is 0 Å². The van der Waals surface area contributed by atoms with E-state index in [0.717, 1.165) is 12.0 Å². The van der Waals surface area contributed by atoms with E-state index in [1.54, 1.807) is 12.4 Å². The molecule has 1 rings (SSSR count). The minimum Gasteiger partial charge on any atom is -0.352 e. The summed E-state index contributed by atoms with van der Waals surface area (Å²) < 4.78 is 0. The van der Waals surface area contributed by atoms with Crippen molar-refractivity contribution >= 4 is 5.91 Å². The van der Waals surface area contributed by atoms with E-state index in [1.165, 1.54) is 51.4 Å². The summed E-state index contributed by atoms with van der Waals surface area (Å²) in [5.41, 5.74) is 1.05. The lowest BCUT2D eigenvalue weighted by molar-refractivity contribution is -0.121. The number of unbranched alkanes of at least 4 members (excludes halogenated alkanes) is 8. The Bertz CT molecular complexity index is 365. The van der Waals surface area contributed by atoms with Crippen LogP contribution in [0.25, 0.3) is 0 Å². The fraction of sp³-hybridized carbons (Fsp3) is 0.667. The van der Waals surface area contributed by atoms with Crippen molar-refractivity contribution in [1.29, 1.82) is 0 Å². The molecule has 0 radical (unpaired) electrons. The fourth-order valence-electron chi connectivity index (χ4n) is 2.39. The number of aromatic nitrogens is 1. The maximum atomic E-state index is 11.7. The summed E-state index contributed by atoms with van der Waals surface area (Å²) >= 11 is 0. The lowest BCUT2D eigenvalue weighted by Crippen LogP contribution is -2.22. The van der Waals surface area contributed by atoms with Crippen molar-refractivity contribution in [2.75, 3.05) is 0 Å². The van der Waals surface area contributed by atoms with Gasteiger partial charge < -0.3 is 5.32 Å². The lowest BCUT2D eigenvalue weighted by Gasteiger charge is -2.05. The molecule has 0 aliphatic heterocycles. The normalized spacial score (nSPS) is 10.5. The van der Waals surface area contributed by atoms with Crippen LogP contribution in [0.5, 0.6) is 0 Å². The standard InChI is InChI=1S/C18H30N2O/c1-2-3-4-5-6-7-8-9-10-13-18(21)20-16-17-12-11-14-19-15-17/h11-12,14-15H,2-10,13,16H2,1H3,(H,20,21). The number of hydrogen-bond donors (Lipinski definition) is 1. The molecule has 0 unspecified atom stereocenters. The first-order valence-electron chi connectivity index (χ1n) is 8.48. The van der Waals surface area contributed by atoms with E-state index >= 15 is 0 Å². The predicted octanol–water partition coefficient (Wildman–Crippen LogP) is 4.62.